The van der Waals surface area contributed by atoms with Crippen molar-refractivity contribution in [2.75, 3.05) is 13.2 Å². The maximum Gasteiger partial charge on any atom is 0.137 e. The fourth-order valence-corrected chi connectivity index (χ4v) is 1.34. The van der Waals surface area contributed by atoms with Gasteiger partial charge in [0.05, 0.1) is 18.2 Å². The molecule has 1 aromatic rings. The number of hydrogen-bond donors (Lipinski definition) is 1. The van der Waals surface area contributed by atoms with Crippen molar-refractivity contribution in [3.05, 3.63) is 28.2 Å². The standard InChI is InChI=1S/C9H11Cl2NO/c10-7-2-3-9(8(11)6-7)13-5-1-4-12/h2-3,6H,1,4-5,12H2/p+1. The van der Waals surface area contributed by atoms with Crippen LogP contribution in [-0.4, -0.2) is 13.2 Å². The van der Waals surface area contributed by atoms with Crippen LogP contribution in [0.1, 0.15) is 6.42 Å². The minimum Gasteiger partial charge on any atom is -0.492 e. The van der Waals surface area contributed by atoms with E-state index in [0.29, 0.717) is 22.4 Å². The van der Waals surface area contributed by atoms with Crippen LogP contribution in [0.4, 0.5) is 0 Å². The number of benzene rings is 1. The van der Waals surface area contributed by atoms with Gasteiger partial charge in [-0.1, -0.05) is 23.2 Å². The highest BCUT2D eigenvalue weighted by Crippen LogP contribution is 2.27. The highest BCUT2D eigenvalue weighted by atomic mass is 35.5. The molecular weight excluding hydrogens is 209 g/mol. The summed E-state index contributed by atoms with van der Waals surface area (Å²) in [6.45, 7) is 1.51. The average Bonchev–Trinajstić information content (AvgIpc) is 2.09. The van der Waals surface area contributed by atoms with Gasteiger partial charge in [-0.3, -0.25) is 0 Å². The average molecular weight is 221 g/mol. The van der Waals surface area contributed by atoms with Crippen molar-refractivity contribution in [2.45, 2.75) is 6.42 Å². The predicted octanol–water partition coefficient (Wildman–Crippen LogP) is 2.00. The molecule has 0 aromatic heterocycles. The van der Waals surface area contributed by atoms with E-state index >= 15 is 0 Å². The molecule has 0 atom stereocenters. The highest BCUT2D eigenvalue weighted by molar-refractivity contribution is 6.35. The van der Waals surface area contributed by atoms with Gasteiger partial charge in [-0.2, -0.15) is 0 Å². The van der Waals surface area contributed by atoms with Crippen molar-refractivity contribution in [3.63, 3.8) is 0 Å². The van der Waals surface area contributed by atoms with Crippen LogP contribution < -0.4 is 10.5 Å². The van der Waals surface area contributed by atoms with Crippen LogP contribution in [0.15, 0.2) is 18.2 Å². The second kappa shape index (κ2) is 5.32. The molecule has 1 rings (SSSR count). The number of rotatable bonds is 4. The van der Waals surface area contributed by atoms with Gasteiger partial charge in [-0.05, 0) is 18.2 Å². The predicted molar refractivity (Wildman–Crippen MR) is 54.3 cm³/mol. The lowest BCUT2D eigenvalue weighted by Crippen LogP contribution is -2.50. The normalized spacial score (nSPS) is 10.1. The topological polar surface area (TPSA) is 36.9 Å². The molecule has 3 N–H and O–H groups in total. The summed E-state index contributed by atoms with van der Waals surface area (Å²) in [4.78, 5) is 0. The van der Waals surface area contributed by atoms with E-state index < -0.39 is 0 Å². The molecule has 0 aliphatic rings. The van der Waals surface area contributed by atoms with Gasteiger partial charge in [0, 0.05) is 11.4 Å². The molecule has 13 heavy (non-hydrogen) atoms. The second-order valence-corrected chi connectivity index (χ2v) is 3.47. The minimum absolute atomic E-state index is 0.552. The van der Waals surface area contributed by atoms with Gasteiger partial charge < -0.3 is 10.5 Å². The second-order valence-electron chi connectivity index (χ2n) is 2.63. The zero-order valence-electron chi connectivity index (χ0n) is 7.22. The van der Waals surface area contributed by atoms with E-state index in [2.05, 4.69) is 5.73 Å². The van der Waals surface area contributed by atoms with Crippen molar-refractivity contribution < 1.29 is 10.5 Å². The smallest absolute Gasteiger partial charge is 0.137 e. The van der Waals surface area contributed by atoms with Gasteiger partial charge in [-0.25, -0.2) is 0 Å². The van der Waals surface area contributed by atoms with Gasteiger partial charge in [-0.15, -0.1) is 0 Å². The molecule has 0 saturated carbocycles. The number of ether oxygens (including phenoxy) is 1. The van der Waals surface area contributed by atoms with Crippen LogP contribution >= 0.6 is 23.2 Å². The van der Waals surface area contributed by atoms with E-state index in [1.54, 1.807) is 18.2 Å². The zero-order valence-corrected chi connectivity index (χ0v) is 8.74. The molecule has 0 heterocycles. The van der Waals surface area contributed by atoms with Gasteiger partial charge in [0.15, 0.2) is 0 Å². The summed E-state index contributed by atoms with van der Waals surface area (Å²) in [5.74, 6) is 0.680. The third-order valence-corrected chi connectivity index (χ3v) is 2.08. The largest absolute Gasteiger partial charge is 0.492 e. The summed E-state index contributed by atoms with van der Waals surface area (Å²) in [5, 5.41) is 1.17. The summed E-state index contributed by atoms with van der Waals surface area (Å²) in [5.41, 5.74) is 3.72. The molecule has 0 unspecified atom stereocenters. The van der Waals surface area contributed by atoms with Crippen LogP contribution in [0.2, 0.25) is 10.0 Å². The van der Waals surface area contributed by atoms with E-state index in [4.69, 9.17) is 27.9 Å². The Kier molecular flexibility index (Phi) is 4.36. The molecule has 2 nitrogen and oxygen atoms in total. The lowest BCUT2D eigenvalue weighted by atomic mass is 10.3. The molecular formula is C9H12Cl2NO+. The molecule has 0 fully saturated rings. The van der Waals surface area contributed by atoms with E-state index in [0.717, 1.165) is 13.0 Å². The molecule has 4 heteroatoms. The fraction of sp³-hybridized carbons (Fsp3) is 0.333. The van der Waals surface area contributed by atoms with Crippen LogP contribution in [0.3, 0.4) is 0 Å². The van der Waals surface area contributed by atoms with Gasteiger partial charge in [0.1, 0.15) is 5.75 Å². The van der Waals surface area contributed by atoms with Crippen LogP contribution in [0.25, 0.3) is 0 Å². The van der Waals surface area contributed by atoms with E-state index in [1.807, 2.05) is 0 Å². The molecule has 0 amide bonds. The molecule has 72 valence electrons. The molecule has 0 saturated heterocycles. The quantitative estimate of drug-likeness (QED) is 0.775. The van der Waals surface area contributed by atoms with Crippen LogP contribution in [-0.2, 0) is 0 Å². The van der Waals surface area contributed by atoms with Crippen molar-refractivity contribution in [2.24, 2.45) is 0 Å². The third-order valence-electron chi connectivity index (χ3n) is 1.55. The number of quaternary nitrogens is 1. The number of hydrogen-bond acceptors (Lipinski definition) is 1. The number of halogens is 2. The summed E-state index contributed by atoms with van der Waals surface area (Å²) in [7, 11) is 0. The lowest BCUT2D eigenvalue weighted by Gasteiger charge is -2.06. The molecule has 0 radical (unpaired) electrons. The van der Waals surface area contributed by atoms with Crippen molar-refractivity contribution in [3.8, 4) is 5.75 Å². The Balaban J connectivity index is 2.56. The summed E-state index contributed by atoms with van der Waals surface area (Å²) < 4.78 is 5.40. The fourth-order valence-electron chi connectivity index (χ4n) is 0.876. The SMILES string of the molecule is [NH3+]CCCOc1ccc(Cl)cc1Cl. The van der Waals surface area contributed by atoms with Gasteiger partial charge in [0.2, 0.25) is 0 Å². The third kappa shape index (κ3) is 3.43. The summed E-state index contributed by atoms with van der Waals surface area (Å²) in [6, 6.07) is 5.20. The Morgan fingerprint density at radius 2 is 2.08 bits per heavy atom. The zero-order chi connectivity index (χ0) is 9.68. The van der Waals surface area contributed by atoms with Crippen molar-refractivity contribution >= 4 is 23.2 Å². The minimum atomic E-state index is 0.552. The van der Waals surface area contributed by atoms with Gasteiger partial charge in [0.25, 0.3) is 0 Å². The maximum atomic E-state index is 5.88. The Morgan fingerprint density at radius 1 is 1.31 bits per heavy atom. The lowest BCUT2D eigenvalue weighted by molar-refractivity contribution is -0.368. The first-order valence-corrected chi connectivity index (χ1v) is 4.86. The first kappa shape index (κ1) is 10.6. The Bertz CT molecular complexity index is 278. The van der Waals surface area contributed by atoms with E-state index in [-0.39, 0.29) is 0 Å². The Morgan fingerprint density at radius 3 is 2.69 bits per heavy atom. The van der Waals surface area contributed by atoms with Crippen molar-refractivity contribution in [1.29, 1.82) is 0 Å². The van der Waals surface area contributed by atoms with Crippen LogP contribution in [0.5, 0.6) is 5.75 Å². The Hall–Kier alpha value is -0.440. The highest BCUT2D eigenvalue weighted by Gasteiger charge is 2.01. The molecule has 0 aliphatic heterocycles. The monoisotopic (exact) mass is 220 g/mol. The molecule has 0 aliphatic carbocycles. The van der Waals surface area contributed by atoms with Crippen molar-refractivity contribution in [1.82, 2.24) is 0 Å². The van der Waals surface area contributed by atoms with E-state index in [1.165, 1.54) is 0 Å². The van der Waals surface area contributed by atoms with Gasteiger partial charge >= 0.3 is 0 Å². The molecule has 1 aromatic carbocycles. The first-order valence-electron chi connectivity index (χ1n) is 4.11. The molecule has 0 spiro atoms. The molecule has 0 bridgehead atoms. The van der Waals surface area contributed by atoms with E-state index in [9.17, 15) is 0 Å². The summed E-state index contributed by atoms with van der Waals surface area (Å²) in [6.07, 6.45) is 0.930. The summed E-state index contributed by atoms with van der Waals surface area (Å²) >= 11 is 11.6. The van der Waals surface area contributed by atoms with Crippen LogP contribution in [0, 0.1) is 0 Å². The first-order chi connectivity index (χ1) is 6.24. The maximum absolute atomic E-state index is 5.88. The Labute approximate surface area is 87.6 Å².